The van der Waals surface area contributed by atoms with Gasteiger partial charge in [0.15, 0.2) is 0 Å². The zero-order valence-electron chi connectivity index (χ0n) is 19.9. The summed E-state index contributed by atoms with van der Waals surface area (Å²) in [4.78, 5) is 0. The highest BCUT2D eigenvalue weighted by molar-refractivity contribution is 5.63. The van der Waals surface area contributed by atoms with Crippen molar-refractivity contribution >= 4 is 12.2 Å². The SMILES string of the molecule is CCCCC#C/C(=C\c1ccc(/C=C(/C#CCCCC)CCCC)cc1)CCCC. The maximum Gasteiger partial charge on any atom is 0.00922 e. The fourth-order valence-corrected chi connectivity index (χ4v) is 3.05. The summed E-state index contributed by atoms with van der Waals surface area (Å²) in [5.74, 6) is 13.6. The molecular formula is C30H42. The number of benzene rings is 1. The van der Waals surface area contributed by atoms with Crippen LogP contribution in [-0.4, -0.2) is 0 Å². The van der Waals surface area contributed by atoms with Crippen LogP contribution in [0.1, 0.15) is 116 Å². The van der Waals surface area contributed by atoms with Gasteiger partial charge in [0.05, 0.1) is 0 Å². The molecule has 0 amide bonds. The Hall–Kier alpha value is -2.18. The Morgan fingerprint density at radius 3 is 1.30 bits per heavy atom. The lowest BCUT2D eigenvalue weighted by atomic mass is 10.0. The van der Waals surface area contributed by atoms with Crippen molar-refractivity contribution in [3.63, 3.8) is 0 Å². The minimum absolute atomic E-state index is 1.00. The van der Waals surface area contributed by atoms with Crippen LogP contribution in [-0.2, 0) is 0 Å². The standard InChI is InChI=1S/C30H42/c1-5-9-13-15-19-27(17-11-7-3)25-29-21-23-30(24-22-29)26-28(18-12-8-4)20-16-14-10-6-2/h21-26H,5-14,17-18H2,1-4H3/b27-25-,28-26+. The Balaban J connectivity index is 2.94. The summed E-state index contributed by atoms with van der Waals surface area (Å²) in [5, 5.41) is 0. The normalized spacial score (nSPS) is 11.5. The second-order valence-electron chi connectivity index (χ2n) is 8.02. The van der Waals surface area contributed by atoms with Crippen LogP contribution in [0.4, 0.5) is 0 Å². The zero-order chi connectivity index (χ0) is 21.9. The highest BCUT2D eigenvalue weighted by Crippen LogP contribution is 2.17. The van der Waals surface area contributed by atoms with Crippen LogP contribution in [0.25, 0.3) is 12.2 Å². The third-order valence-corrected chi connectivity index (χ3v) is 5.03. The quantitative estimate of drug-likeness (QED) is 0.241. The molecule has 0 bridgehead atoms. The summed E-state index contributed by atoms with van der Waals surface area (Å²) in [6, 6.07) is 8.86. The Labute approximate surface area is 187 Å². The average Bonchev–Trinajstić information content (AvgIpc) is 2.77. The third kappa shape index (κ3) is 12.4. The fourth-order valence-electron chi connectivity index (χ4n) is 3.05. The lowest BCUT2D eigenvalue weighted by Crippen LogP contribution is -1.84. The molecule has 0 aliphatic carbocycles. The molecule has 0 saturated heterocycles. The minimum Gasteiger partial charge on any atom is -0.0982 e. The highest BCUT2D eigenvalue weighted by Gasteiger charge is 1.98. The molecule has 0 nitrogen and oxygen atoms in total. The summed E-state index contributed by atoms with van der Waals surface area (Å²) < 4.78 is 0. The van der Waals surface area contributed by atoms with E-state index in [2.05, 4.69) is 87.8 Å². The molecule has 0 N–H and O–H groups in total. The molecule has 0 fully saturated rings. The van der Waals surface area contributed by atoms with Crippen molar-refractivity contribution in [2.75, 3.05) is 0 Å². The summed E-state index contributed by atoms with van der Waals surface area (Å²) in [6.07, 6.45) is 18.3. The van der Waals surface area contributed by atoms with Crippen molar-refractivity contribution in [3.05, 3.63) is 46.5 Å². The number of hydrogen-bond acceptors (Lipinski definition) is 0. The van der Waals surface area contributed by atoms with E-state index in [1.54, 1.807) is 0 Å². The fraction of sp³-hybridized carbons (Fsp3) is 0.533. The number of allylic oxidation sites excluding steroid dienone is 2. The van der Waals surface area contributed by atoms with Crippen molar-refractivity contribution in [3.8, 4) is 23.7 Å². The molecule has 1 rings (SSSR count). The molecule has 0 heteroatoms. The van der Waals surface area contributed by atoms with E-state index in [4.69, 9.17) is 0 Å². The van der Waals surface area contributed by atoms with Gasteiger partial charge in [0, 0.05) is 24.0 Å². The van der Waals surface area contributed by atoms with Crippen molar-refractivity contribution in [1.29, 1.82) is 0 Å². The van der Waals surface area contributed by atoms with Crippen molar-refractivity contribution < 1.29 is 0 Å². The summed E-state index contributed by atoms with van der Waals surface area (Å²) in [5.41, 5.74) is 5.02. The van der Waals surface area contributed by atoms with Gasteiger partial charge in [-0.2, -0.15) is 0 Å². The molecule has 0 heterocycles. The van der Waals surface area contributed by atoms with Gasteiger partial charge in [-0.05, 0) is 61.8 Å². The predicted octanol–water partition coefficient (Wildman–Crippen LogP) is 9.22. The number of unbranched alkanes of at least 4 members (excludes halogenated alkanes) is 6. The van der Waals surface area contributed by atoms with E-state index in [1.165, 1.54) is 73.6 Å². The summed E-state index contributed by atoms with van der Waals surface area (Å²) in [7, 11) is 0. The molecule has 0 aromatic heterocycles. The van der Waals surface area contributed by atoms with Crippen molar-refractivity contribution in [2.24, 2.45) is 0 Å². The van der Waals surface area contributed by atoms with Crippen LogP contribution >= 0.6 is 0 Å². The van der Waals surface area contributed by atoms with Crippen LogP contribution in [0.2, 0.25) is 0 Å². The maximum atomic E-state index is 3.42. The smallest absolute Gasteiger partial charge is 0.00922 e. The van der Waals surface area contributed by atoms with E-state index < -0.39 is 0 Å². The summed E-state index contributed by atoms with van der Waals surface area (Å²) >= 11 is 0. The van der Waals surface area contributed by atoms with Gasteiger partial charge in [-0.3, -0.25) is 0 Å². The van der Waals surface area contributed by atoms with Gasteiger partial charge in [0.2, 0.25) is 0 Å². The lowest BCUT2D eigenvalue weighted by Gasteiger charge is -2.03. The zero-order valence-corrected chi connectivity index (χ0v) is 19.9. The van der Waals surface area contributed by atoms with Gasteiger partial charge in [-0.25, -0.2) is 0 Å². The van der Waals surface area contributed by atoms with E-state index >= 15 is 0 Å². The number of hydrogen-bond donors (Lipinski definition) is 0. The molecule has 0 aliphatic rings. The lowest BCUT2D eigenvalue weighted by molar-refractivity contribution is 0.802. The van der Waals surface area contributed by atoms with Crippen LogP contribution in [0.15, 0.2) is 35.4 Å². The van der Waals surface area contributed by atoms with Gasteiger partial charge in [0.1, 0.15) is 0 Å². The van der Waals surface area contributed by atoms with Crippen LogP contribution < -0.4 is 0 Å². The molecule has 1 aromatic rings. The Kier molecular flexibility index (Phi) is 15.2. The second kappa shape index (κ2) is 17.7. The molecule has 0 saturated carbocycles. The van der Waals surface area contributed by atoms with E-state index in [1.807, 2.05) is 0 Å². The topological polar surface area (TPSA) is 0 Å². The average molecular weight is 403 g/mol. The molecule has 162 valence electrons. The maximum absolute atomic E-state index is 3.42. The molecular weight excluding hydrogens is 360 g/mol. The first-order valence-corrected chi connectivity index (χ1v) is 12.2. The van der Waals surface area contributed by atoms with Crippen LogP contribution in [0, 0.1) is 23.7 Å². The molecule has 0 radical (unpaired) electrons. The number of rotatable bonds is 12. The van der Waals surface area contributed by atoms with Gasteiger partial charge >= 0.3 is 0 Å². The van der Waals surface area contributed by atoms with E-state index in [0.29, 0.717) is 0 Å². The monoisotopic (exact) mass is 402 g/mol. The highest BCUT2D eigenvalue weighted by atomic mass is 14.0. The second-order valence-corrected chi connectivity index (χ2v) is 8.02. The van der Waals surface area contributed by atoms with Crippen LogP contribution in [0.3, 0.4) is 0 Å². The molecule has 0 atom stereocenters. The van der Waals surface area contributed by atoms with E-state index in [9.17, 15) is 0 Å². The molecule has 1 aromatic carbocycles. The first-order valence-electron chi connectivity index (χ1n) is 12.2. The Morgan fingerprint density at radius 1 is 0.600 bits per heavy atom. The minimum atomic E-state index is 1.00. The Bertz CT molecular complexity index is 683. The predicted molar refractivity (Wildman–Crippen MR) is 136 cm³/mol. The third-order valence-electron chi connectivity index (χ3n) is 5.03. The molecule has 0 spiro atoms. The van der Waals surface area contributed by atoms with E-state index in [-0.39, 0.29) is 0 Å². The van der Waals surface area contributed by atoms with Gasteiger partial charge < -0.3 is 0 Å². The van der Waals surface area contributed by atoms with E-state index in [0.717, 1.165) is 25.7 Å². The van der Waals surface area contributed by atoms with Crippen LogP contribution in [0.5, 0.6) is 0 Å². The first kappa shape index (κ1) is 25.9. The van der Waals surface area contributed by atoms with Gasteiger partial charge in [-0.15, -0.1) is 0 Å². The molecule has 0 aliphatic heterocycles. The van der Waals surface area contributed by atoms with Crippen molar-refractivity contribution in [1.82, 2.24) is 0 Å². The summed E-state index contributed by atoms with van der Waals surface area (Å²) in [6.45, 7) is 8.92. The van der Waals surface area contributed by atoms with Gasteiger partial charge in [0.25, 0.3) is 0 Å². The van der Waals surface area contributed by atoms with Gasteiger partial charge in [-0.1, -0.05) is 101 Å². The first-order chi connectivity index (χ1) is 14.7. The molecule has 0 unspecified atom stereocenters. The largest absolute Gasteiger partial charge is 0.0982 e. The Morgan fingerprint density at radius 2 is 0.967 bits per heavy atom. The van der Waals surface area contributed by atoms with Crippen molar-refractivity contribution in [2.45, 2.75) is 105 Å². The molecule has 30 heavy (non-hydrogen) atoms.